The fourth-order valence-corrected chi connectivity index (χ4v) is 3.09. The summed E-state index contributed by atoms with van der Waals surface area (Å²) in [5, 5.41) is 3.78. The van der Waals surface area contributed by atoms with Gasteiger partial charge in [-0.2, -0.15) is 0 Å². The molecule has 1 N–H and O–H groups in total. The minimum absolute atomic E-state index is 0.144. The van der Waals surface area contributed by atoms with E-state index in [2.05, 4.69) is 54.5 Å². The lowest BCUT2D eigenvalue weighted by molar-refractivity contribution is 0.332. The number of aromatic nitrogens is 2. The van der Waals surface area contributed by atoms with Crippen LogP contribution in [0.15, 0.2) is 27.5 Å². The van der Waals surface area contributed by atoms with Crippen molar-refractivity contribution in [2.24, 2.45) is 0 Å². The van der Waals surface area contributed by atoms with Crippen LogP contribution in [0, 0.1) is 0 Å². The average Bonchev–Trinajstić information content (AvgIpc) is 2.82. The van der Waals surface area contributed by atoms with E-state index in [9.17, 15) is 4.79 Å². The predicted octanol–water partition coefficient (Wildman–Crippen LogP) is 3.38. The van der Waals surface area contributed by atoms with Crippen LogP contribution in [-0.2, 0) is 10.8 Å². The van der Waals surface area contributed by atoms with Crippen molar-refractivity contribution in [1.82, 2.24) is 10.1 Å². The van der Waals surface area contributed by atoms with Gasteiger partial charge in [-0.1, -0.05) is 45.0 Å². The van der Waals surface area contributed by atoms with Gasteiger partial charge < -0.3 is 0 Å². The Morgan fingerprint density at radius 2 is 1.75 bits per heavy atom. The maximum Gasteiger partial charge on any atom is 0.439 e. The van der Waals surface area contributed by atoms with Crippen LogP contribution < -0.4 is 5.76 Å². The Labute approximate surface area is 118 Å². The van der Waals surface area contributed by atoms with Gasteiger partial charge in [0.2, 0.25) is 0 Å². The Bertz CT molecular complexity index is 707. The molecule has 0 fully saturated rings. The molecule has 1 heterocycles. The molecule has 106 valence electrons. The summed E-state index contributed by atoms with van der Waals surface area (Å²) in [6.07, 6.45) is 2.35. The number of rotatable bonds is 1. The van der Waals surface area contributed by atoms with E-state index in [-0.39, 0.29) is 10.8 Å². The summed E-state index contributed by atoms with van der Waals surface area (Å²) in [4.78, 5) is 13.7. The van der Waals surface area contributed by atoms with Gasteiger partial charge >= 0.3 is 5.76 Å². The van der Waals surface area contributed by atoms with Gasteiger partial charge in [0, 0.05) is 5.56 Å². The molecule has 1 aromatic heterocycles. The second kappa shape index (κ2) is 4.08. The SMILES string of the molecule is CC1(C)CCC(C)(C)c2cc(-c3noc(=O)[nH]3)ccc21. The van der Waals surface area contributed by atoms with Gasteiger partial charge in [0.25, 0.3) is 0 Å². The van der Waals surface area contributed by atoms with Crippen molar-refractivity contribution >= 4 is 0 Å². The van der Waals surface area contributed by atoms with Gasteiger partial charge in [-0.3, -0.25) is 9.51 Å². The highest BCUT2D eigenvalue weighted by Gasteiger charge is 2.37. The third-order valence-corrected chi connectivity index (χ3v) is 4.57. The summed E-state index contributed by atoms with van der Waals surface area (Å²) < 4.78 is 4.59. The van der Waals surface area contributed by atoms with Gasteiger partial charge in [-0.15, -0.1) is 0 Å². The Morgan fingerprint density at radius 3 is 2.35 bits per heavy atom. The van der Waals surface area contributed by atoms with Crippen molar-refractivity contribution in [3.63, 3.8) is 0 Å². The van der Waals surface area contributed by atoms with Crippen molar-refractivity contribution in [1.29, 1.82) is 0 Å². The summed E-state index contributed by atoms with van der Waals surface area (Å²) in [5.74, 6) is -0.0192. The molecule has 0 spiro atoms. The molecular weight excluding hydrogens is 252 g/mol. The predicted molar refractivity (Wildman–Crippen MR) is 77.8 cm³/mol. The van der Waals surface area contributed by atoms with Crippen molar-refractivity contribution in [2.75, 3.05) is 0 Å². The second-order valence-electron chi connectivity index (χ2n) is 6.97. The number of hydrogen-bond acceptors (Lipinski definition) is 3. The van der Waals surface area contributed by atoms with Crippen molar-refractivity contribution < 1.29 is 4.52 Å². The van der Waals surface area contributed by atoms with Crippen molar-refractivity contribution in [2.45, 2.75) is 51.4 Å². The molecule has 0 radical (unpaired) electrons. The summed E-state index contributed by atoms with van der Waals surface area (Å²) in [6, 6.07) is 6.32. The lowest BCUT2D eigenvalue weighted by Gasteiger charge is -2.42. The van der Waals surface area contributed by atoms with E-state index in [4.69, 9.17) is 0 Å². The summed E-state index contributed by atoms with van der Waals surface area (Å²) in [5.41, 5.74) is 3.98. The van der Waals surface area contributed by atoms with E-state index in [1.165, 1.54) is 17.5 Å². The fourth-order valence-electron chi connectivity index (χ4n) is 3.09. The first-order valence-electron chi connectivity index (χ1n) is 7.01. The van der Waals surface area contributed by atoms with E-state index in [1.54, 1.807) is 0 Å². The van der Waals surface area contributed by atoms with Crippen LogP contribution in [0.2, 0.25) is 0 Å². The molecule has 0 unspecified atom stereocenters. The van der Waals surface area contributed by atoms with Gasteiger partial charge in [0.05, 0.1) is 0 Å². The molecule has 4 heteroatoms. The first kappa shape index (κ1) is 13.2. The molecule has 0 amide bonds. The Morgan fingerprint density at radius 1 is 1.10 bits per heavy atom. The maximum absolute atomic E-state index is 11.1. The highest BCUT2D eigenvalue weighted by Crippen LogP contribution is 2.46. The van der Waals surface area contributed by atoms with Crippen LogP contribution >= 0.6 is 0 Å². The number of benzene rings is 1. The highest BCUT2D eigenvalue weighted by atomic mass is 16.5. The minimum atomic E-state index is -0.516. The molecule has 4 nitrogen and oxygen atoms in total. The molecule has 1 aromatic carbocycles. The molecule has 3 rings (SSSR count). The Balaban J connectivity index is 2.18. The van der Waals surface area contributed by atoms with Crippen LogP contribution in [0.5, 0.6) is 0 Å². The van der Waals surface area contributed by atoms with Gasteiger partial charge in [-0.05, 0) is 40.9 Å². The Kier molecular flexibility index (Phi) is 2.68. The van der Waals surface area contributed by atoms with Gasteiger partial charge in [0.15, 0.2) is 5.82 Å². The van der Waals surface area contributed by atoms with Crippen molar-refractivity contribution in [3.05, 3.63) is 39.9 Å². The standard InChI is InChI=1S/C16H20N2O2/c1-15(2)7-8-16(3,4)12-9-10(5-6-11(12)15)13-17-14(19)20-18-13/h5-6,9H,7-8H2,1-4H3,(H,17,18,19). The first-order chi connectivity index (χ1) is 9.29. The molecule has 0 atom stereocenters. The van der Waals surface area contributed by atoms with E-state index in [1.807, 2.05) is 6.07 Å². The van der Waals surface area contributed by atoms with E-state index in [0.29, 0.717) is 5.82 Å². The number of aromatic amines is 1. The van der Waals surface area contributed by atoms with Crippen LogP contribution in [0.4, 0.5) is 0 Å². The molecule has 2 aromatic rings. The topological polar surface area (TPSA) is 58.9 Å². The number of nitrogens with zero attached hydrogens (tertiary/aromatic N) is 1. The van der Waals surface area contributed by atoms with Gasteiger partial charge in [-0.25, -0.2) is 4.79 Å². The van der Waals surface area contributed by atoms with Crippen LogP contribution in [0.3, 0.4) is 0 Å². The minimum Gasteiger partial charge on any atom is -0.296 e. The summed E-state index contributed by atoms with van der Waals surface area (Å²) >= 11 is 0. The van der Waals surface area contributed by atoms with E-state index >= 15 is 0 Å². The van der Waals surface area contributed by atoms with Crippen LogP contribution in [-0.4, -0.2) is 10.1 Å². The lowest BCUT2D eigenvalue weighted by atomic mass is 9.63. The molecule has 1 aliphatic carbocycles. The Hall–Kier alpha value is -1.84. The number of hydrogen-bond donors (Lipinski definition) is 1. The monoisotopic (exact) mass is 272 g/mol. The average molecular weight is 272 g/mol. The highest BCUT2D eigenvalue weighted by molar-refractivity contribution is 5.59. The lowest BCUT2D eigenvalue weighted by Crippen LogP contribution is -2.33. The molecule has 0 saturated carbocycles. The van der Waals surface area contributed by atoms with Crippen LogP contribution in [0.1, 0.15) is 51.7 Å². The van der Waals surface area contributed by atoms with E-state index < -0.39 is 5.76 Å². The number of fused-ring (bicyclic) bond motifs is 1. The maximum atomic E-state index is 11.1. The first-order valence-corrected chi connectivity index (χ1v) is 7.01. The zero-order valence-electron chi connectivity index (χ0n) is 12.4. The quantitative estimate of drug-likeness (QED) is 0.865. The molecule has 1 aliphatic rings. The zero-order chi connectivity index (χ0) is 14.5. The van der Waals surface area contributed by atoms with Crippen molar-refractivity contribution in [3.8, 4) is 11.4 Å². The molecule has 0 saturated heterocycles. The number of H-pyrrole nitrogens is 1. The molecule has 20 heavy (non-hydrogen) atoms. The van der Waals surface area contributed by atoms with Gasteiger partial charge in [0.1, 0.15) is 0 Å². The zero-order valence-corrected chi connectivity index (χ0v) is 12.4. The smallest absolute Gasteiger partial charge is 0.296 e. The fraction of sp³-hybridized carbons (Fsp3) is 0.500. The third kappa shape index (κ3) is 1.99. The number of nitrogens with one attached hydrogen (secondary N) is 1. The largest absolute Gasteiger partial charge is 0.439 e. The van der Waals surface area contributed by atoms with Crippen LogP contribution in [0.25, 0.3) is 11.4 Å². The second-order valence-corrected chi connectivity index (χ2v) is 6.97. The summed E-state index contributed by atoms with van der Waals surface area (Å²) in [7, 11) is 0. The molecular formula is C16H20N2O2. The summed E-state index contributed by atoms with van der Waals surface area (Å²) in [6.45, 7) is 9.13. The molecule has 0 aliphatic heterocycles. The third-order valence-electron chi connectivity index (χ3n) is 4.57. The molecule has 0 bridgehead atoms. The normalized spacial score (nSPS) is 19.6. The van der Waals surface area contributed by atoms with E-state index in [0.717, 1.165) is 12.0 Å².